The molecule has 1 rings (SSSR count). The van der Waals surface area contributed by atoms with Gasteiger partial charge < -0.3 is 14.7 Å². The Balaban J connectivity index is 2.59. The van der Waals surface area contributed by atoms with Crippen LogP contribution in [-0.2, 0) is 9.13 Å². The summed E-state index contributed by atoms with van der Waals surface area (Å²) in [5.41, 5.74) is 0.865. The van der Waals surface area contributed by atoms with Gasteiger partial charge in [-0.15, -0.1) is 0 Å². The molecule has 17 heavy (non-hydrogen) atoms. The van der Waals surface area contributed by atoms with Crippen molar-refractivity contribution in [2.75, 3.05) is 12.1 Å². The lowest BCUT2D eigenvalue weighted by atomic mass is 10.2. The summed E-state index contributed by atoms with van der Waals surface area (Å²) >= 11 is 0. The highest BCUT2D eigenvalue weighted by molar-refractivity contribution is 7.72. The molecule has 0 radical (unpaired) electrons. The Morgan fingerprint density at radius 2 is 1.65 bits per heavy atom. The maximum Gasteiger partial charge on any atom is 0.335 e. The fourth-order valence-corrected chi connectivity index (χ4v) is 4.46. The van der Waals surface area contributed by atoms with Crippen LogP contribution in [-0.4, -0.2) is 26.7 Å². The molecule has 0 saturated carbocycles. The molecule has 0 fully saturated rings. The molecule has 1 aromatic rings. The highest BCUT2D eigenvalue weighted by Gasteiger charge is 2.28. The first-order chi connectivity index (χ1) is 7.79. The standard InChI is InChI=1S/C10H14O5P2/c11-16(12,9-17(13,14)15)8-4-7-10-5-2-1-3-6-10/h1-7H,8-9H2,(H,11,12)(H2,13,14,15). The van der Waals surface area contributed by atoms with Crippen molar-refractivity contribution in [3.8, 4) is 0 Å². The fourth-order valence-electron chi connectivity index (χ4n) is 1.26. The van der Waals surface area contributed by atoms with E-state index in [9.17, 15) is 14.0 Å². The predicted molar refractivity (Wildman–Crippen MR) is 67.1 cm³/mol. The van der Waals surface area contributed by atoms with Crippen LogP contribution in [0.1, 0.15) is 5.56 Å². The second kappa shape index (κ2) is 5.76. The third-order valence-electron chi connectivity index (χ3n) is 1.91. The van der Waals surface area contributed by atoms with Gasteiger partial charge in [0.1, 0.15) is 5.90 Å². The molecular formula is C10H14O5P2. The van der Waals surface area contributed by atoms with Gasteiger partial charge in [-0.05, 0) is 5.56 Å². The predicted octanol–water partition coefficient (Wildman–Crippen LogP) is 2.11. The Labute approximate surface area is 99.4 Å². The molecule has 7 heteroatoms. The van der Waals surface area contributed by atoms with Gasteiger partial charge in [-0.3, -0.25) is 9.13 Å². The summed E-state index contributed by atoms with van der Waals surface area (Å²) in [6, 6.07) is 9.15. The zero-order valence-corrected chi connectivity index (χ0v) is 10.8. The number of rotatable bonds is 5. The van der Waals surface area contributed by atoms with Crippen LogP contribution >= 0.6 is 15.0 Å². The molecule has 0 saturated heterocycles. The Hall–Kier alpha value is -0.700. The van der Waals surface area contributed by atoms with E-state index in [0.29, 0.717) is 0 Å². The molecule has 1 atom stereocenters. The van der Waals surface area contributed by atoms with E-state index in [1.807, 2.05) is 30.3 Å². The topological polar surface area (TPSA) is 94.8 Å². The zero-order valence-electron chi connectivity index (χ0n) is 9.01. The van der Waals surface area contributed by atoms with Crippen molar-refractivity contribution in [3.63, 3.8) is 0 Å². The van der Waals surface area contributed by atoms with Gasteiger partial charge in [0.2, 0.25) is 7.37 Å². The summed E-state index contributed by atoms with van der Waals surface area (Å²) in [4.78, 5) is 26.6. The molecule has 0 aliphatic heterocycles. The van der Waals surface area contributed by atoms with Crippen LogP contribution < -0.4 is 0 Å². The van der Waals surface area contributed by atoms with Crippen LogP contribution in [0.15, 0.2) is 36.4 Å². The monoisotopic (exact) mass is 276 g/mol. The van der Waals surface area contributed by atoms with Crippen LogP contribution in [0.25, 0.3) is 6.08 Å². The molecule has 94 valence electrons. The van der Waals surface area contributed by atoms with E-state index in [2.05, 4.69) is 0 Å². The minimum atomic E-state index is -4.45. The Bertz CT molecular complexity index is 477. The summed E-state index contributed by atoms with van der Waals surface area (Å²) < 4.78 is 22.0. The molecule has 1 aromatic carbocycles. The number of benzene rings is 1. The molecule has 0 bridgehead atoms. The van der Waals surface area contributed by atoms with Gasteiger partial charge in [-0.1, -0.05) is 42.5 Å². The van der Waals surface area contributed by atoms with E-state index in [0.717, 1.165) is 5.56 Å². The molecule has 0 heterocycles. The molecule has 5 nitrogen and oxygen atoms in total. The van der Waals surface area contributed by atoms with Crippen LogP contribution in [0.3, 0.4) is 0 Å². The minimum Gasteiger partial charge on any atom is -0.344 e. The average Bonchev–Trinajstić information content (AvgIpc) is 2.15. The third kappa shape index (κ3) is 6.57. The van der Waals surface area contributed by atoms with Crippen molar-refractivity contribution in [2.24, 2.45) is 0 Å². The quantitative estimate of drug-likeness (QED) is 0.716. The van der Waals surface area contributed by atoms with Crippen LogP contribution in [0, 0.1) is 0 Å². The lowest BCUT2D eigenvalue weighted by molar-refractivity contribution is 0.376. The van der Waals surface area contributed by atoms with Crippen molar-refractivity contribution in [3.05, 3.63) is 42.0 Å². The van der Waals surface area contributed by atoms with Crippen molar-refractivity contribution in [1.29, 1.82) is 0 Å². The number of hydrogen-bond donors (Lipinski definition) is 3. The van der Waals surface area contributed by atoms with E-state index >= 15 is 0 Å². The van der Waals surface area contributed by atoms with Gasteiger partial charge in [0.15, 0.2) is 0 Å². The first kappa shape index (κ1) is 14.4. The molecular weight excluding hydrogens is 262 g/mol. The summed E-state index contributed by atoms with van der Waals surface area (Å²) in [7, 11) is -8.25. The molecule has 3 N–H and O–H groups in total. The van der Waals surface area contributed by atoms with E-state index in [4.69, 9.17) is 9.79 Å². The third-order valence-corrected chi connectivity index (χ3v) is 5.93. The minimum absolute atomic E-state index is 0.243. The van der Waals surface area contributed by atoms with Gasteiger partial charge in [0, 0.05) is 6.16 Å². The normalized spacial score (nSPS) is 15.9. The van der Waals surface area contributed by atoms with E-state index in [1.54, 1.807) is 6.08 Å². The van der Waals surface area contributed by atoms with Crippen LogP contribution in [0.5, 0.6) is 0 Å². The highest BCUT2D eigenvalue weighted by Crippen LogP contribution is 2.54. The van der Waals surface area contributed by atoms with Gasteiger partial charge in [0.05, 0.1) is 0 Å². The summed E-state index contributed by atoms with van der Waals surface area (Å²) in [5, 5.41) is 0. The second-order valence-electron chi connectivity index (χ2n) is 3.65. The highest BCUT2D eigenvalue weighted by atomic mass is 31.2. The number of hydrogen-bond acceptors (Lipinski definition) is 2. The van der Waals surface area contributed by atoms with E-state index in [-0.39, 0.29) is 6.16 Å². The van der Waals surface area contributed by atoms with Gasteiger partial charge in [0.25, 0.3) is 0 Å². The zero-order chi connectivity index (χ0) is 12.9. The van der Waals surface area contributed by atoms with E-state index < -0.39 is 20.9 Å². The lowest BCUT2D eigenvalue weighted by Crippen LogP contribution is -1.93. The van der Waals surface area contributed by atoms with Gasteiger partial charge in [-0.2, -0.15) is 0 Å². The average molecular weight is 276 g/mol. The van der Waals surface area contributed by atoms with Crippen molar-refractivity contribution < 1.29 is 23.8 Å². The Morgan fingerprint density at radius 1 is 1.06 bits per heavy atom. The first-order valence-electron chi connectivity index (χ1n) is 4.85. The molecule has 0 amide bonds. The molecule has 1 unspecified atom stereocenters. The van der Waals surface area contributed by atoms with Crippen LogP contribution in [0.2, 0.25) is 0 Å². The lowest BCUT2D eigenvalue weighted by Gasteiger charge is -2.09. The van der Waals surface area contributed by atoms with Crippen molar-refractivity contribution in [1.82, 2.24) is 0 Å². The summed E-state index contributed by atoms with van der Waals surface area (Å²) in [5.74, 6) is -0.973. The molecule has 0 aliphatic rings. The van der Waals surface area contributed by atoms with Crippen LogP contribution in [0.4, 0.5) is 0 Å². The molecule has 0 aliphatic carbocycles. The smallest absolute Gasteiger partial charge is 0.335 e. The second-order valence-corrected chi connectivity index (χ2v) is 8.17. The fraction of sp³-hybridized carbons (Fsp3) is 0.200. The first-order valence-corrected chi connectivity index (χ1v) is 8.68. The number of allylic oxidation sites excluding steroid dienone is 1. The van der Waals surface area contributed by atoms with Gasteiger partial charge >= 0.3 is 7.60 Å². The maximum absolute atomic E-state index is 11.4. The Morgan fingerprint density at radius 3 is 2.18 bits per heavy atom. The maximum atomic E-state index is 11.4. The SMILES string of the molecule is O=P(O)(O)CP(=O)(O)CC=Cc1ccccc1. The van der Waals surface area contributed by atoms with Crippen molar-refractivity contribution >= 4 is 21.0 Å². The molecule has 0 aromatic heterocycles. The largest absolute Gasteiger partial charge is 0.344 e. The summed E-state index contributed by atoms with van der Waals surface area (Å²) in [6.45, 7) is 0. The Kier molecular flexibility index (Phi) is 4.87. The van der Waals surface area contributed by atoms with E-state index in [1.165, 1.54) is 6.08 Å². The summed E-state index contributed by atoms with van der Waals surface area (Å²) in [6.07, 6.45) is 2.85. The van der Waals surface area contributed by atoms with Gasteiger partial charge in [-0.25, -0.2) is 0 Å². The molecule has 0 spiro atoms. The van der Waals surface area contributed by atoms with Crippen molar-refractivity contribution in [2.45, 2.75) is 0 Å².